The Kier molecular flexibility index (Phi) is 4.74. The maximum atomic E-state index is 12.1. The molecule has 1 heterocycles. The molecule has 24 heavy (non-hydrogen) atoms. The molecule has 1 atom stereocenters. The zero-order valence-corrected chi connectivity index (χ0v) is 13.5. The van der Waals surface area contributed by atoms with E-state index in [1.165, 1.54) is 0 Å². The zero-order chi connectivity index (χ0) is 16.9. The second-order valence-corrected chi connectivity index (χ2v) is 5.95. The molecule has 0 saturated heterocycles. The summed E-state index contributed by atoms with van der Waals surface area (Å²) in [6.07, 6.45) is 5.30. The highest BCUT2D eigenvalue weighted by atomic mass is 16.2. The lowest BCUT2D eigenvalue weighted by Gasteiger charge is -2.15. The number of carbonyl (C=O) groups is 2. The molecule has 1 unspecified atom stereocenters. The fourth-order valence-electron chi connectivity index (χ4n) is 2.36. The van der Waals surface area contributed by atoms with Gasteiger partial charge in [-0.15, -0.1) is 0 Å². The van der Waals surface area contributed by atoms with Crippen molar-refractivity contribution in [1.82, 2.24) is 10.3 Å². The van der Waals surface area contributed by atoms with Gasteiger partial charge in [-0.05, 0) is 55.7 Å². The Bertz CT molecular complexity index is 729. The number of aromatic nitrogens is 1. The van der Waals surface area contributed by atoms with Crippen molar-refractivity contribution in [2.45, 2.75) is 25.8 Å². The lowest BCUT2D eigenvalue weighted by atomic mass is 10.1. The van der Waals surface area contributed by atoms with Crippen LogP contribution in [0, 0.1) is 5.92 Å². The van der Waals surface area contributed by atoms with Gasteiger partial charge in [0, 0.05) is 29.7 Å². The molecule has 6 nitrogen and oxygen atoms in total. The number of rotatable bonds is 5. The third-order valence-electron chi connectivity index (χ3n) is 3.89. The average molecular weight is 324 g/mol. The minimum absolute atomic E-state index is 0.0444. The molecule has 1 aliphatic rings. The van der Waals surface area contributed by atoms with Gasteiger partial charge in [0.2, 0.25) is 5.91 Å². The molecular weight excluding hydrogens is 304 g/mol. The number of nitrogens with zero attached hydrogens (tertiary/aromatic N) is 1. The maximum absolute atomic E-state index is 12.1. The van der Waals surface area contributed by atoms with Crippen LogP contribution in [-0.2, 0) is 4.79 Å². The number of hydrogen-bond acceptors (Lipinski definition) is 3. The van der Waals surface area contributed by atoms with Gasteiger partial charge in [0.25, 0.3) is 0 Å². The van der Waals surface area contributed by atoms with E-state index in [1.54, 1.807) is 30.6 Å². The first-order chi connectivity index (χ1) is 11.6. The largest absolute Gasteiger partial charge is 0.331 e. The highest BCUT2D eigenvalue weighted by molar-refractivity contribution is 5.95. The molecule has 2 aromatic rings. The van der Waals surface area contributed by atoms with Gasteiger partial charge >= 0.3 is 6.03 Å². The fraction of sp³-hybridized carbons (Fsp3) is 0.278. The van der Waals surface area contributed by atoms with E-state index >= 15 is 0 Å². The van der Waals surface area contributed by atoms with Crippen LogP contribution in [0.2, 0.25) is 0 Å². The van der Waals surface area contributed by atoms with Crippen molar-refractivity contribution in [3.05, 3.63) is 54.4 Å². The number of benzene rings is 1. The number of amides is 3. The lowest BCUT2D eigenvalue weighted by Crippen LogP contribution is -2.31. The first-order valence-corrected chi connectivity index (χ1v) is 8.00. The van der Waals surface area contributed by atoms with E-state index < -0.39 is 0 Å². The molecule has 1 aliphatic carbocycles. The van der Waals surface area contributed by atoms with Crippen LogP contribution >= 0.6 is 0 Å². The predicted molar refractivity (Wildman–Crippen MR) is 92.6 cm³/mol. The maximum Gasteiger partial charge on any atom is 0.319 e. The standard InChI is InChI=1S/C18H20N4O2/c1-12(13-7-9-19-10-8-13)20-18(24)22-16-4-2-3-15(11-16)21-17(23)14-5-6-14/h2-4,7-12,14H,5-6H2,1H3,(H,21,23)(H2,20,22,24). The number of anilines is 2. The Morgan fingerprint density at radius 2 is 1.75 bits per heavy atom. The topological polar surface area (TPSA) is 83.1 Å². The fourth-order valence-corrected chi connectivity index (χ4v) is 2.36. The van der Waals surface area contributed by atoms with Gasteiger partial charge < -0.3 is 16.0 Å². The number of urea groups is 1. The zero-order valence-electron chi connectivity index (χ0n) is 13.5. The normalized spacial score (nSPS) is 14.5. The number of nitrogens with one attached hydrogen (secondary N) is 3. The van der Waals surface area contributed by atoms with Crippen molar-refractivity contribution in [3.63, 3.8) is 0 Å². The van der Waals surface area contributed by atoms with Gasteiger partial charge in [-0.3, -0.25) is 9.78 Å². The molecule has 1 saturated carbocycles. The smallest absolute Gasteiger partial charge is 0.319 e. The Labute approximate surface area is 140 Å². The number of hydrogen-bond donors (Lipinski definition) is 3. The van der Waals surface area contributed by atoms with E-state index in [0.29, 0.717) is 11.4 Å². The third-order valence-corrected chi connectivity index (χ3v) is 3.89. The molecule has 0 radical (unpaired) electrons. The summed E-state index contributed by atoms with van der Waals surface area (Å²) in [5.74, 6) is 0.189. The van der Waals surface area contributed by atoms with Crippen LogP contribution in [0.4, 0.5) is 16.2 Å². The van der Waals surface area contributed by atoms with Gasteiger partial charge in [0.15, 0.2) is 0 Å². The van der Waals surface area contributed by atoms with E-state index in [0.717, 1.165) is 18.4 Å². The molecule has 6 heteroatoms. The Hall–Kier alpha value is -2.89. The van der Waals surface area contributed by atoms with Crippen molar-refractivity contribution in [2.24, 2.45) is 5.92 Å². The van der Waals surface area contributed by atoms with Crippen LogP contribution in [0.15, 0.2) is 48.8 Å². The molecular formula is C18H20N4O2. The van der Waals surface area contributed by atoms with E-state index in [1.807, 2.05) is 25.1 Å². The first-order valence-electron chi connectivity index (χ1n) is 8.00. The quantitative estimate of drug-likeness (QED) is 0.789. The van der Waals surface area contributed by atoms with Crippen LogP contribution < -0.4 is 16.0 Å². The molecule has 1 aromatic carbocycles. The highest BCUT2D eigenvalue weighted by Gasteiger charge is 2.29. The van der Waals surface area contributed by atoms with E-state index in [-0.39, 0.29) is 23.9 Å². The summed E-state index contributed by atoms with van der Waals surface area (Å²) < 4.78 is 0. The number of carbonyl (C=O) groups excluding carboxylic acids is 2. The highest BCUT2D eigenvalue weighted by Crippen LogP contribution is 2.30. The molecule has 1 aromatic heterocycles. The Morgan fingerprint density at radius 1 is 1.08 bits per heavy atom. The lowest BCUT2D eigenvalue weighted by molar-refractivity contribution is -0.117. The summed E-state index contributed by atoms with van der Waals surface area (Å²) in [4.78, 5) is 27.9. The minimum atomic E-state index is -0.301. The van der Waals surface area contributed by atoms with Gasteiger partial charge in [0.05, 0.1) is 6.04 Å². The number of pyridine rings is 1. The van der Waals surface area contributed by atoms with Crippen molar-refractivity contribution in [2.75, 3.05) is 10.6 Å². The first kappa shape index (κ1) is 16.0. The summed E-state index contributed by atoms with van der Waals surface area (Å²) in [6.45, 7) is 1.90. The Balaban J connectivity index is 1.56. The summed E-state index contributed by atoms with van der Waals surface area (Å²) in [5.41, 5.74) is 2.29. The third kappa shape index (κ3) is 4.32. The van der Waals surface area contributed by atoms with E-state index in [2.05, 4.69) is 20.9 Å². The van der Waals surface area contributed by atoms with E-state index in [9.17, 15) is 9.59 Å². The van der Waals surface area contributed by atoms with Gasteiger partial charge in [-0.1, -0.05) is 6.07 Å². The predicted octanol–water partition coefficient (Wildman–Crippen LogP) is 3.31. The SMILES string of the molecule is CC(NC(=O)Nc1cccc(NC(=O)C2CC2)c1)c1ccncc1. The van der Waals surface area contributed by atoms with Crippen molar-refractivity contribution in [1.29, 1.82) is 0 Å². The molecule has 3 amide bonds. The minimum Gasteiger partial charge on any atom is -0.331 e. The second kappa shape index (κ2) is 7.12. The second-order valence-electron chi connectivity index (χ2n) is 5.95. The summed E-state index contributed by atoms with van der Waals surface area (Å²) in [7, 11) is 0. The van der Waals surface area contributed by atoms with Gasteiger partial charge in [-0.2, -0.15) is 0 Å². The summed E-state index contributed by atoms with van der Waals surface area (Å²) >= 11 is 0. The van der Waals surface area contributed by atoms with Crippen molar-refractivity contribution >= 4 is 23.3 Å². The Morgan fingerprint density at radius 3 is 2.42 bits per heavy atom. The van der Waals surface area contributed by atoms with Crippen LogP contribution in [0.1, 0.15) is 31.4 Å². The molecule has 0 aliphatic heterocycles. The van der Waals surface area contributed by atoms with Gasteiger partial charge in [0.1, 0.15) is 0 Å². The average Bonchev–Trinajstić information content (AvgIpc) is 3.41. The molecule has 3 N–H and O–H groups in total. The van der Waals surface area contributed by atoms with Gasteiger partial charge in [-0.25, -0.2) is 4.79 Å². The molecule has 0 bridgehead atoms. The molecule has 3 rings (SSSR count). The molecule has 1 fully saturated rings. The van der Waals surface area contributed by atoms with Crippen LogP contribution in [0.25, 0.3) is 0 Å². The van der Waals surface area contributed by atoms with Crippen LogP contribution in [-0.4, -0.2) is 16.9 Å². The van der Waals surface area contributed by atoms with E-state index in [4.69, 9.17) is 0 Å². The van der Waals surface area contributed by atoms with Crippen LogP contribution in [0.5, 0.6) is 0 Å². The summed E-state index contributed by atoms with van der Waals surface area (Å²) in [5, 5.41) is 8.52. The molecule has 0 spiro atoms. The van der Waals surface area contributed by atoms with Crippen molar-refractivity contribution < 1.29 is 9.59 Å². The van der Waals surface area contributed by atoms with Crippen LogP contribution in [0.3, 0.4) is 0 Å². The summed E-state index contributed by atoms with van der Waals surface area (Å²) in [6, 6.07) is 10.4. The monoisotopic (exact) mass is 324 g/mol. The molecule has 124 valence electrons. The van der Waals surface area contributed by atoms with Crippen molar-refractivity contribution in [3.8, 4) is 0 Å².